The van der Waals surface area contributed by atoms with Crippen LogP contribution in [0, 0.1) is 11.3 Å². The van der Waals surface area contributed by atoms with E-state index >= 15 is 0 Å². The molecule has 5 fully saturated rings. The van der Waals surface area contributed by atoms with Crippen LogP contribution in [0.25, 0.3) is 88.1 Å². The monoisotopic (exact) mass is 1790 g/mol. The normalized spacial score (nSPS) is 17.5. The lowest BCUT2D eigenvalue weighted by Gasteiger charge is -2.39. The first-order chi connectivity index (χ1) is 65.3. The Balaban J connectivity index is 0.000000125. The summed E-state index contributed by atoms with van der Waals surface area (Å²) in [5.74, 6) is -0.761. The van der Waals surface area contributed by atoms with Crippen LogP contribution in [-0.4, -0.2) is 216 Å². The maximum atomic E-state index is 13.1. The zero-order valence-electron chi connectivity index (χ0n) is 77.6. The minimum absolute atomic E-state index is 0.00785. The van der Waals surface area contributed by atoms with E-state index in [-0.39, 0.29) is 23.6 Å². The van der Waals surface area contributed by atoms with Crippen molar-refractivity contribution >= 4 is 84.3 Å². The standard InChI is InChI=1S/C28H28N6O.C28H32N6O.C27H29N5O.C24H30N6O/c1-18-4-3-5-19(2)34(18)17-21-12-23(16-30-15-21)22-8-11-26-25(13-22)27(33-32-26)28(35)31-24-9-6-20(14-29)7-10-24;1-33(2)18-20-7-6-8-24(14-20)30-28(35)27-25-15-22(9-10-26(25)31-32-27)23-13-21(16-29-17-23)19-34-11-4-3-5-12-34;1-18-7-6-8-19(2)32(18)17-20-13-22(16-28-15-20)21-11-12-25-24(14-21)26(31-30-25)27(33)29-23-9-4-3-5-10-23;1-28-9-11-30(12-10-28)24(31)23-21-14-19(5-6-22(21)26-27-23)20-13-18(15-25-16-20)17-29-7-3-2-4-8-29/h6-13,15-16,18-19H,3-5,17H2,1-2H3,(H,31,35)(H,32,33);6-10,13-17H,3-5,11-12,18-19H2,1-2H3,(H,30,35)(H,31,32);3-5,9-16,18-19H,6-8,17H2,1-2H3,(H,29,33)(H,30,31);5-6,13-16H,2-4,7-12,17H2,1H3,(H,26,27)/t18-,19+;;18-,19+;. The van der Waals surface area contributed by atoms with Gasteiger partial charge in [-0.2, -0.15) is 25.7 Å². The van der Waals surface area contributed by atoms with Crippen molar-refractivity contribution in [2.75, 3.05) is 89.5 Å². The molecule has 0 spiro atoms. The van der Waals surface area contributed by atoms with Crippen LogP contribution in [0.2, 0.25) is 0 Å². The highest BCUT2D eigenvalue weighted by Gasteiger charge is 2.30. The summed E-state index contributed by atoms with van der Waals surface area (Å²) < 4.78 is 0. The average Bonchev–Trinajstić information content (AvgIpc) is 1.64. The number of nitriles is 1. The van der Waals surface area contributed by atoms with Crippen molar-refractivity contribution in [1.29, 1.82) is 5.26 Å². The van der Waals surface area contributed by atoms with Gasteiger partial charge in [-0.15, -0.1) is 0 Å². The van der Waals surface area contributed by atoms with Gasteiger partial charge in [-0.05, 0) is 298 Å². The van der Waals surface area contributed by atoms with Gasteiger partial charge in [-0.3, -0.25) is 79.1 Å². The average molecular weight is 1790 g/mol. The molecule has 7 aromatic carbocycles. The Morgan fingerprint density at radius 1 is 0.366 bits per heavy atom. The Morgan fingerprint density at radius 2 is 0.724 bits per heavy atom. The SMILES string of the molecule is CN(C)Cc1cccc(NC(=O)c2n[nH]c3ccc(-c4cncc(CN5CCCCC5)c4)cc23)c1.CN1CCN(C(=O)c2n[nH]c3ccc(-c4cncc(CN5CCCCC5)c4)cc23)CC1.C[C@@H]1CCC[C@H](C)N1Cc1cncc(-c2ccc3[nH]nc(C(=O)Nc4ccc(C#N)cc4)c3c2)c1.C[C@@H]1CCC[C@H](C)N1Cc1cncc(-c2ccc3[nH]nc(C(=O)Nc4ccccc4)c3c2)c1. The van der Waals surface area contributed by atoms with Crippen LogP contribution in [0.3, 0.4) is 0 Å². The summed E-state index contributed by atoms with van der Waals surface area (Å²) in [6.45, 7) is 21.7. The zero-order chi connectivity index (χ0) is 92.6. The van der Waals surface area contributed by atoms with Crippen LogP contribution in [-0.2, 0) is 32.7 Å². The van der Waals surface area contributed by atoms with Gasteiger partial charge in [0.05, 0.1) is 33.7 Å². The fraction of sp³-hybridized carbons (Fsp3) is 0.336. The highest BCUT2D eigenvalue weighted by atomic mass is 16.2. The molecule has 4 amide bonds. The summed E-state index contributed by atoms with van der Waals surface area (Å²) in [4.78, 5) is 86.5. The second-order valence-electron chi connectivity index (χ2n) is 36.9. The fourth-order valence-electron chi connectivity index (χ4n) is 19.1. The third kappa shape index (κ3) is 22.9. The number of nitrogens with zero attached hydrogens (tertiary/aromatic N) is 16. The van der Waals surface area contributed by atoms with Crippen LogP contribution in [0.4, 0.5) is 17.1 Å². The topological polar surface area (TPSA) is 317 Å². The number of aromatic amines is 4. The quantitative estimate of drug-likeness (QED) is 0.0351. The van der Waals surface area contributed by atoms with Crippen LogP contribution in [0.1, 0.15) is 180 Å². The first-order valence-corrected chi connectivity index (χ1v) is 47.2. The van der Waals surface area contributed by atoms with E-state index in [0.29, 0.717) is 58.2 Å². The number of H-pyrrole nitrogens is 4. The van der Waals surface area contributed by atoms with Gasteiger partial charge in [0.1, 0.15) is 0 Å². The van der Waals surface area contributed by atoms with E-state index < -0.39 is 0 Å². The summed E-state index contributed by atoms with van der Waals surface area (Å²) in [6.07, 6.45) is 30.8. The van der Waals surface area contributed by atoms with E-state index in [1.54, 1.807) is 24.3 Å². The zero-order valence-corrected chi connectivity index (χ0v) is 77.6. The number of hydrogen-bond donors (Lipinski definition) is 7. The maximum Gasteiger partial charge on any atom is 0.276 e. The number of likely N-dealkylation sites (tertiary alicyclic amines) is 4. The van der Waals surface area contributed by atoms with Crippen LogP contribution < -0.4 is 16.0 Å². The first-order valence-electron chi connectivity index (χ1n) is 47.2. The molecule has 13 heterocycles. The molecular formula is C107H119N23O4. The van der Waals surface area contributed by atoms with Crippen LogP contribution in [0.5, 0.6) is 0 Å². The van der Waals surface area contributed by atoms with Crippen molar-refractivity contribution in [3.63, 3.8) is 0 Å². The molecule has 7 N–H and O–H groups in total. The van der Waals surface area contributed by atoms with Gasteiger partial charge >= 0.3 is 0 Å². The third-order valence-electron chi connectivity index (χ3n) is 26.6. The fourth-order valence-corrected chi connectivity index (χ4v) is 19.1. The van der Waals surface area contributed by atoms with Crippen molar-refractivity contribution in [3.05, 3.63) is 282 Å². The third-order valence-corrected chi connectivity index (χ3v) is 26.6. The molecule has 8 aromatic heterocycles. The number of amides is 4. The highest BCUT2D eigenvalue weighted by Crippen LogP contribution is 2.35. The Hall–Kier alpha value is -13.9. The molecule has 0 saturated carbocycles. The molecule has 27 nitrogen and oxygen atoms in total. The number of para-hydroxylation sites is 1. The Bertz CT molecular complexity index is 6610. The number of piperidine rings is 4. The van der Waals surface area contributed by atoms with E-state index in [1.807, 2.05) is 172 Å². The molecule has 686 valence electrons. The smallest absolute Gasteiger partial charge is 0.276 e. The van der Waals surface area contributed by atoms with Crippen molar-refractivity contribution in [2.24, 2.45) is 0 Å². The molecule has 27 heteroatoms. The van der Waals surface area contributed by atoms with Gasteiger partial charge in [0, 0.05) is 194 Å². The summed E-state index contributed by atoms with van der Waals surface area (Å²) in [6, 6.07) is 61.5. The summed E-state index contributed by atoms with van der Waals surface area (Å²) in [5, 5.41) is 50.2. The number of carbonyl (C=O) groups is 4. The van der Waals surface area contributed by atoms with Crippen molar-refractivity contribution in [2.45, 2.75) is 162 Å². The number of rotatable bonds is 21. The molecule has 15 aromatic rings. The molecule has 5 saturated heterocycles. The lowest BCUT2D eigenvalue weighted by Crippen LogP contribution is -2.47. The molecule has 0 aliphatic carbocycles. The molecule has 0 bridgehead atoms. The number of carbonyl (C=O) groups excluding carboxylic acids is 4. The van der Waals surface area contributed by atoms with Gasteiger partial charge < -0.3 is 30.7 Å². The largest absolute Gasteiger partial charge is 0.335 e. The number of nitrogens with one attached hydrogen (secondary N) is 7. The number of benzene rings is 7. The van der Waals surface area contributed by atoms with E-state index in [2.05, 4.69) is 195 Å². The van der Waals surface area contributed by atoms with Gasteiger partial charge in [0.25, 0.3) is 23.6 Å². The molecular weight excluding hydrogens is 1670 g/mol. The molecule has 0 unspecified atom stereocenters. The van der Waals surface area contributed by atoms with Gasteiger partial charge in [-0.25, -0.2) is 0 Å². The summed E-state index contributed by atoms with van der Waals surface area (Å²) >= 11 is 0. The number of anilines is 3. The predicted molar refractivity (Wildman–Crippen MR) is 531 cm³/mol. The van der Waals surface area contributed by atoms with Gasteiger partial charge in [0.15, 0.2) is 22.8 Å². The number of pyridine rings is 4. The lowest BCUT2D eigenvalue weighted by atomic mass is 9.96. The van der Waals surface area contributed by atoms with Gasteiger partial charge in [-0.1, -0.05) is 80.3 Å². The van der Waals surface area contributed by atoms with Crippen LogP contribution in [0.15, 0.2) is 225 Å². The maximum absolute atomic E-state index is 13.1. The molecule has 5 aliphatic rings. The summed E-state index contributed by atoms with van der Waals surface area (Å²) in [5.41, 5.74) is 21.9. The minimum atomic E-state index is -0.307. The van der Waals surface area contributed by atoms with Crippen molar-refractivity contribution in [1.82, 2.24) is 95.0 Å². The molecule has 134 heavy (non-hydrogen) atoms. The Morgan fingerprint density at radius 3 is 1.11 bits per heavy atom. The predicted octanol–water partition coefficient (Wildman–Crippen LogP) is 19.1. The second-order valence-corrected chi connectivity index (χ2v) is 36.9. The lowest BCUT2D eigenvalue weighted by molar-refractivity contribution is 0.0659. The number of hydrogen-bond acceptors (Lipinski definition) is 19. The van der Waals surface area contributed by atoms with Crippen LogP contribution >= 0.6 is 0 Å². The van der Waals surface area contributed by atoms with Gasteiger partial charge in [0.2, 0.25) is 0 Å². The summed E-state index contributed by atoms with van der Waals surface area (Å²) in [7, 11) is 6.14. The molecule has 20 rings (SSSR count). The molecule has 4 atom stereocenters. The van der Waals surface area contributed by atoms with Crippen molar-refractivity contribution in [3.8, 4) is 50.6 Å². The van der Waals surface area contributed by atoms with E-state index in [9.17, 15) is 19.2 Å². The number of likely N-dealkylation sites (N-methyl/N-ethyl adjacent to an activating group) is 1. The molecule has 0 radical (unpaired) electrons. The first kappa shape index (κ1) is 92.0. The van der Waals surface area contributed by atoms with E-state index in [0.717, 1.165) is 177 Å². The van der Waals surface area contributed by atoms with Crippen molar-refractivity contribution < 1.29 is 19.2 Å². The van der Waals surface area contributed by atoms with E-state index in [4.69, 9.17) is 5.26 Å². The Labute approximate surface area is 782 Å². The minimum Gasteiger partial charge on any atom is -0.335 e. The highest BCUT2D eigenvalue weighted by molar-refractivity contribution is 6.14. The second kappa shape index (κ2) is 43.2. The number of fused-ring (bicyclic) bond motifs is 4. The number of piperazine rings is 1. The molecule has 5 aliphatic heterocycles. The Kier molecular flexibility index (Phi) is 29.7. The number of aromatic nitrogens is 12. The van der Waals surface area contributed by atoms with E-state index in [1.165, 1.54) is 112 Å².